The third kappa shape index (κ3) is 4.32. The molecule has 0 unspecified atom stereocenters. The molecule has 4 rings (SSSR count). The molecule has 0 spiro atoms. The fraction of sp³-hybridized carbons (Fsp3) is 0.350. The van der Waals surface area contributed by atoms with E-state index in [4.69, 9.17) is 14.9 Å². The quantitative estimate of drug-likeness (QED) is 0.442. The van der Waals surface area contributed by atoms with E-state index in [9.17, 15) is 31.4 Å². The van der Waals surface area contributed by atoms with E-state index in [0.29, 0.717) is 11.6 Å². The molecule has 0 amide bonds. The van der Waals surface area contributed by atoms with E-state index in [1.54, 1.807) is 6.07 Å². The highest BCUT2D eigenvalue weighted by Gasteiger charge is 2.58. The number of pyridine rings is 1. The number of aryl methyl sites for hydroxylation is 1. The second-order valence-corrected chi connectivity index (χ2v) is 7.50. The Kier molecular flexibility index (Phi) is 5.47. The topological polar surface area (TPSA) is 107 Å². The van der Waals surface area contributed by atoms with Gasteiger partial charge < -0.3 is 20.0 Å². The van der Waals surface area contributed by atoms with Crippen LogP contribution in [0.5, 0.6) is 11.6 Å². The van der Waals surface area contributed by atoms with Crippen molar-refractivity contribution in [2.75, 3.05) is 5.73 Å². The van der Waals surface area contributed by atoms with Gasteiger partial charge in [-0.05, 0) is 49.4 Å². The minimum absolute atomic E-state index is 0.0362. The van der Waals surface area contributed by atoms with E-state index in [-0.39, 0.29) is 25.0 Å². The van der Waals surface area contributed by atoms with Crippen molar-refractivity contribution in [1.82, 2.24) is 15.2 Å². The molecule has 0 saturated carbocycles. The van der Waals surface area contributed by atoms with Gasteiger partial charge in [-0.3, -0.25) is 0 Å². The number of anilines is 1. The van der Waals surface area contributed by atoms with Gasteiger partial charge in [0.2, 0.25) is 11.5 Å². The molecule has 1 aliphatic rings. The molecule has 6 bridgehead atoms. The Labute approximate surface area is 182 Å². The lowest BCUT2D eigenvalue weighted by Crippen LogP contribution is -2.42. The number of alkyl halides is 6. The molecule has 33 heavy (non-hydrogen) atoms. The zero-order valence-electron chi connectivity index (χ0n) is 16.7. The summed E-state index contributed by atoms with van der Waals surface area (Å²) in [6, 6.07) is 6.56. The highest BCUT2D eigenvalue weighted by atomic mass is 19.4. The van der Waals surface area contributed by atoms with Crippen LogP contribution < -0.4 is 10.5 Å². The monoisotopic (exact) mass is 474 g/mol. The smallest absolute Gasteiger partial charge is 0.426 e. The molecular formula is C20H16F6N4O3. The molecule has 1 aliphatic heterocycles. The molecule has 0 fully saturated rings. The number of halogens is 6. The average Bonchev–Trinajstić information content (AvgIpc) is 3.20. The van der Waals surface area contributed by atoms with Crippen LogP contribution in [0, 0.1) is 0 Å². The molecule has 3 aromatic rings. The second kappa shape index (κ2) is 7.90. The molecule has 0 aliphatic carbocycles. The fourth-order valence-electron chi connectivity index (χ4n) is 3.41. The Bertz CT molecular complexity index is 1180. The number of aliphatic hydroxyl groups is 1. The molecular weight excluding hydrogens is 458 g/mol. The van der Waals surface area contributed by atoms with Crippen LogP contribution in [0.1, 0.15) is 36.3 Å². The van der Waals surface area contributed by atoms with Gasteiger partial charge in [0.15, 0.2) is 5.69 Å². The Morgan fingerprint density at radius 2 is 1.79 bits per heavy atom. The summed E-state index contributed by atoms with van der Waals surface area (Å²) in [5.74, 6) is -2.73. The molecule has 0 saturated heterocycles. The number of nitrogens with zero attached hydrogens (tertiary/aromatic N) is 3. The fourth-order valence-corrected chi connectivity index (χ4v) is 3.41. The number of ether oxygens (including phenoxy) is 1. The highest BCUT2D eigenvalue weighted by Crippen LogP contribution is 2.44. The largest absolute Gasteiger partial charge is 0.438 e. The maximum Gasteiger partial charge on any atom is 0.426 e. The molecule has 1 atom stereocenters. The van der Waals surface area contributed by atoms with Gasteiger partial charge in [-0.25, -0.2) is 4.98 Å². The van der Waals surface area contributed by atoms with E-state index < -0.39 is 59.0 Å². The van der Waals surface area contributed by atoms with Crippen molar-refractivity contribution in [3.8, 4) is 23.2 Å². The number of hydrogen-bond acceptors (Lipinski definition) is 7. The summed E-state index contributed by atoms with van der Waals surface area (Å²) in [6.45, 7) is 0. The van der Waals surface area contributed by atoms with Gasteiger partial charge in [0.25, 0.3) is 11.8 Å². The molecule has 176 valence electrons. The minimum Gasteiger partial charge on any atom is -0.438 e. The van der Waals surface area contributed by atoms with Crippen LogP contribution >= 0.6 is 0 Å². The lowest BCUT2D eigenvalue weighted by atomic mass is 9.94. The summed E-state index contributed by atoms with van der Waals surface area (Å²) in [6.07, 6.45) is -10.4. The first-order valence-electron chi connectivity index (χ1n) is 9.66. The summed E-state index contributed by atoms with van der Waals surface area (Å²) < 4.78 is 92.3. The number of fused-ring (bicyclic) bond motifs is 7. The van der Waals surface area contributed by atoms with Crippen molar-refractivity contribution in [3.05, 3.63) is 47.3 Å². The van der Waals surface area contributed by atoms with Crippen LogP contribution in [0.2, 0.25) is 0 Å². The van der Waals surface area contributed by atoms with E-state index in [0.717, 1.165) is 0 Å². The van der Waals surface area contributed by atoms with Crippen LogP contribution in [0.15, 0.2) is 34.7 Å². The normalized spacial score (nSPS) is 19.4. The van der Waals surface area contributed by atoms with Gasteiger partial charge in [-0.15, -0.1) is 10.2 Å². The number of nitrogens with two attached hydrogens (primary N) is 1. The Balaban J connectivity index is 1.92. The van der Waals surface area contributed by atoms with Gasteiger partial charge in [-0.1, -0.05) is 12.1 Å². The third-order valence-electron chi connectivity index (χ3n) is 5.14. The zero-order valence-corrected chi connectivity index (χ0v) is 16.7. The van der Waals surface area contributed by atoms with Gasteiger partial charge in [0, 0.05) is 0 Å². The predicted molar refractivity (Wildman–Crippen MR) is 101 cm³/mol. The molecule has 2 aromatic heterocycles. The predicted octanol–water partition coefficient (Wildman–Crippen LogP) is 5.00. The second-order valence-electron chi connectivity index (χ2n) is 7.50. The third-order valence-corrected chi connectivity index (χ3v) is 5.14. The van der Waals surface area contributed by atoms with E-state index in [1.807, 2.05) is 0 Å². The van der Waals surface area contributed by atoms with Crippen molar-refractivity contribution in [2.24, 2.45) is 0 Å². The molecule has 1 aromatic carbocycles. The highest BCUT2D eigenvalue weighted by molar-refractivity contribution is 5.68. The maximum absolute atomic E-state index is 13.7. The number of hydrogen-bond donors (Lipinski definition) is 2. The van der Waals surface area contributed by atoms with Crippen molar-refractivity contribution >= 4 is 5.69 Å². The molecule has 13 heteroatoms. The summed E-state index contributed by atoms with van der Waals surface area (Å²) in [5, 5.41) is 17.1. The summed E-state index contributed by atoms with van der Waals surface area (Å²) >= 11 is 0. The van der Waals surface area contributed by atoms with Crippen molar-refractivity contribution < 1.29 is 40.6 Å². The molecule has 7 nitrogen and oxygen atoms in total. The molecule has 3 heterocycles. The maximum atomic E-state index is 13.7. The Morgan fingerprint density at radius 3 is 2.48 bits per heavy atom. The van der Waals surface area contributed by atoms with Crippen molar-refractivity contribution in [1.29, 1.82) is 0 Å². The summed E-state index contributed by atoms with van der Waals surface area (Å²) in [7, 11) is 0. The van der Waals surface area contributed by atoms with E-state index in [2.05, 4.69) is 15.2 Å². The van der Waals surface area contributed by atoms with Gasteiger partial charge in [0.05, 0.1) is 5.69 Å². The van der Waals surface area contributed by atoms with Crippen LogP contribution in [0.25, 0.3) is 11.6 Å². The van der Waals surface area contributed by atoms with Gasteiger partial charge in [0.1, 0.15) is 11.3 Å². The minimum atomic E-state index is -5.15. The van der Waals surface area contributed by atoms with E-state index >= 15 is 0 Å². The molecule has 3 N–H and O–H groups in total. The first kappa shape index (κ1) is 22.8. The molecule has 0 radical (unpaired) electrons. The number of rotatable bonds is 0. The SMILES string of the molecule is Nc1cc(C(F)(F)F)c2nc1-c1nnc(o1)[C@@](O)(C(F)(F)F)CCCCc1cccc(c1)O2. The first-order chi connectivity index (χ1) is 15.4. The first-order valence-corrected chi connectivity index (χ1v) is 9.66. The zero-order chi connectivity index (χ0) is 24.0. The lowest BCUT2D eigenvalue weighted by molar-refractivity contribution is -0.277. The summed E-state index contributed by atoms with van der Waals surface area (Å²) in [4.78, 5) is 3.73. The van der Waals surface area contributed by atoms with E-state index in [1.165, 1.54) is 18.2 Å². The van der Waals surface area contributed by atoms with Gasteiger partial charge in [-0.2, -0.15) is 26.3 Å². The lowest BCUT2D eigenvalue weighted by Gasteiger charge is -2.26. The Hall–Kier alpha value is -3.35. The standard InChI is InChI=1S/C20H16F6N4O3/c21-19(22,23)12-9-13(27)14-16-29-30-17(33-16)18(31,20(24,25)26)7-2-1-4-10-5-3-6-11(8-10)32-15(12)28-14/h3,5-6,8-9,31H,1-2,4,7,27H2/t18-/m1/s1. The van der Waals surface area contributed by atoms with Crippen molar-refractivity contribution in [2.45, 2.75) is 43.6 Å². The van der Waals surface area contributed by atoms with Crippen LogP contribution in [-0.4, -0.2) is 26.5 Å². The average molecular weight is 474 g/mol. The summed E-state index contributed by atoms with van der Waals surface area (Å²) in [5.41, 5.74) is 0.427. The van der Waals surface area contributed by atoms with Crippen LogP contribution in [-0.2, 0) is 18.2 Å². The van der Waals surface area contributed by atoms with Crippen LogP contribution in [0.4, 0.5) is 32.0 Å². The Morgan fingerprint density at radius 1 is 1.03 bits per heavy atom. The van der Waals surface area contributed by atoms with Gasteiger partial charge >= 0.3 is 12.4 Å². The van der Waals surface area contributed by atoms with Crippen LogP contribution in [0.3, 0.4) is 0 Å². The number of benzene rings is 1. The number of nitrogen functional groups attached to an aromatic ring is 1. The number of aromatic nitrogens is 3. The van der Waals surface area contributed by atoms with Crippen molar-refractivity contribution in [3.63, 3.8) is 0 Å².